The number of hydrogen-bond acceptors (Lipinski definition) is 5. The summed E-state index contributed by atoms with van der Waals surface area (Å²) < 4.78 is 13.2. The number of nitrogens with one attached hydrogen (secondary N) is 2. The first kappa shape index (κ1) is 24.8. The van der Waals surface area contributed by atoms with E-state index in [1.165, 1.54) is 18.3 Å². The van der Waals surface area contributed by atoms with E-state index < -0.39 is 5.54 Å². The number of halogens is 1. The second kappa shape index (κ2) is 9.73. The van der Waals surface area contributed by atoms with Gasteiger partial charge in [-0.3, -0.25) is 9.59 Å². The summed E-state index contributed by atoms with van der Waals surface area (Å²) in [5, 5.41) is 8.41. The van der Waals surface area contributed by atoms with E-state index in [0.29, 0.717) is 36.7 Å². The summed E-state index contributed by atoms with van der Waals surface area (Å²) in [5.41, 5.74) is 7.46. The van der Waals surface area contributed by atoms with E-state index in [4.69, 9.17) is 11.1 Å². The molecule has 1 aromatic carbocycles. The number of rotatable bonds is 6. The number of aromatic amines is 1. The van der Waals surface area contributed by atoms with Crippen molar-refractivity contribution in [2.24, 2.45) is 11.7 Å². The van der Waals surface area contributed by atoms with Crippen LogP contribution in [0.25, 0.3) is 5.57 Å². The topological polar surface area (TPSA) is 119 Å². The maximum absolute atomic E-state index is 13.2. The molecule has 2 amide bonds. The zero-order chi connectivity index (χ0) is 25.3. The van der Waals surface area contributed by atoms with Crippen LogP contribution < -0.4 is 5.73 Å². The summed E-state index contributed by atoms with van der Waals surface area (Å²) >= 11 is 0. The van der Waals surface area contributed by atoms with Gasteiger partial charge < -0.3 is 25.9 Å². The fourth-order valence-corrected chi connectivity index (χ4v) is 4.63. The molecule has 4 rings (SSSR count). The second-order valence-electron chi connectivity index (χ2n) is 9.93. The maximum atomic E-state index is 13.2. The number of piperazine rings is 1. The first-order valence-electron chi connectivity index (χ1n) is 12.1. The molecule has 9 heteroatoms. The number of allylic oxidation sites excluding steroid dienone is 2. The Morgan fingerprint density at radius 2 is 1.94 bits per heavy atom. The SMILES string of the molecule is CC(C)/C(=C/C(=N)c1ccc(F)cc1)c1ncc(C(=O)N2CCN(C(=O)C3(N)CCC3)C(C)C2)[nH]1. The molecule has 1 saturated heterocycles. The number of aromatic nitrogens is 2. The summed E-state index contributed by atoms with van der Waals surface area (Å²) in [5.74, 6) is 0.0172. The first-order chi connectivity index (χ1) is 16.6. The smallest absolute Gasteiger partial charge is 0.272 e. The lowest BCUT2D eigenvalue weighted by atomic mass is 9.76. The molecule has 2 fully saturated rings. The molecule has 1 aliphatic carbocycles. The van der Waals surface area contributed by atoms with Crippen LogP contribution in [-0.2, 0) is 4.79 Å². The number of carbonyl (C=O) groups excluding carboxylic acids is 2. The largest absolute Gasteiger partial charge is 0.335 e. The summed E-state index contributed by atoms with van der Waals surface area (Å²) in [6, 6.07) is 5.65. The normalized spacial score (nSPS) is 20.1. The molecule has 0 radical (unpaired) electrons. The van der Waals surface area contributed by atoms with Crippen LogP contribution >= 0.6 is 0 Å². The first-order valence-corrected chi connectivity index (χ1v) is 12.1. The molecule has 1 atom stereocenters. The lowest BCUT2D eigenvalue weighted by Gasteiger charge is -2.46. The Morgan fingerprint density at radius 1 is 1.26 bits per heavy atom. The molecule has 1 aromatic heterocycles. The third-order valence-corrected chi connectivity index (χ3v) is 7.00. The Balaban J connectivity index is 1.46. The van der Waals surface area contributed by atoms with Crippen LogP contribution in [0.2, 0.25) is 0 Å². The Labute approximate surface area is 204 Å². The molecule has 35 heavy (non-hydrogen) atoms. The van der Waals surface area contributed by atoms with Gasteiger partial charge in [-0.15, -0.1) is 0 Å². The molecule has 2 aromatic rings. The van der Waals surface area contributed by atoms with Crippen molar-refractivity contribution < 1.29 is 14.0 Å². The highest BCUT2D eigenvalue weighted by molar-refractivity contribution is 6.10. The predicted octanol–water partition coefficient (Wildman–Crippen LogP) is 3.21. The molecule has 186 valence electrons. The van der Waals surface area contributed by atoms with Crippen LogP contribution in [0.3, 0.4) is 0 Å². The van der Waals surface area contributed by atoms with Crippen LogP contribution in [0.5, 0.6) is 0 Å². The fourth-order valence-electron chi connectivity index (χ4n) is 4.63. The van der Waals surface area contributed by atoms with E-state index >= 15 is 0 Å². The van der Waals surface area contributed by atoms with Crippen LogP contribution in [0.4, 0.5) is 4.39 Å². The van der Waals surface area contributed by atoms with E-state index in [2.05, 4.69) is 9.97 Å². The van der Waals surface area contributed by atoms with E-state index in [1.54, 1.807) is 23.1 Å². The average molecular weight is 481 g/mol. The quantitative estimate of drug-likeness (QED) is 0.550. The van der Waals surface area contributed by atoms with Gasteiger partial charge in [0.1, 0.15) is 17.3 Å². The molecule has 0 bridgehead atoms. The highest BCUT2D eigenvalue weighted by Crippen LogP contribution is 2.32. The molecule has 1 saturated carbocycles. The number of nitrogens with zero attached hydrogens (tertiary/aromatic N) is 3. The average Bonchev–Trinajstić information content (AvgIpc) is 3.30. The van der Waals surface area contributed by atoms with Crippen molar-refractivity contribution in [2.75, 3.05) is 19.6 Å². The van der Waals surface area contributed by atoms with Crippen LogP contribution in [0.15, 0.2) is 36.5 Å². The van der Waals surface area contributed by atoms with Gasteiger partial charge in [-0.2, -0.15) is 0 Å². The van der Waals surface area contributed by atoms with Crippen LogP contribution in [0.1, 0.15) is 61.9 Å². The summed E-state index contributed by atoms with van der Waals surface area (Å²) in [6.45, 7) is 7.23. The molecule has 4 N–H and O–H groups in total. The summed E-state index contributed by atoms with van der Waals surface area (Å²) in [6.07, 6.45) is 5.63. The summed E-state index contributed by atoms with van der Waals surface area (Å²) in [4.78, 5) is 37.1. The Hall–Kier alpha value is -3.33. The molecule has 1 unspecified atom stereocenters. The van der Waals surface area contributed by atoms with Crippen molar-refractivity contribution in [1.82, 2.24) is 19.8 Å². The molecule has 0 spiro atoms. The van der Waals surface area contributed by atoms with Crippen LogP contribution in [-0.4, -0.2) is 68.5 Å². The standard InChI is InChI=1S/C26H33FN6O2/c1-16(2)20(13-21(28)18-5-7-19(27)8-6-18)23-30-14-22(31-23)24(34)32-11-12-33(17(3)15-32)25(35)26(29)9-4-10-26/h5-8,13-14,16-17,28H,4,9-12,15,29H2,1-3H3,(H,30,31)/b20-13-,28-21?. The van der Waals surface area contributed by atoms with Gasteiger partial charge in [-0.25, -0.2) is 9.37 Å². The van der Waals surface area contributed by atoms with Crippen molar-refractivity contribution in [3.05, 3.63) is 59.4 Å². The van der Waals surface area contributed by atoms with E-state index in [-0.39, 0.29) is 35.3 Å². The van der Waals surface area contributed by atoms with Gasteiger partial charge in [0.05, 0.1) is 17.4 Å². The third-order valence-electron chi connectivity index (χ3n) is 7.00. The molecule has 1 aliphatic heterocycles. The van der Waals surface area contributed by atoms with Gasteiger partial charge in [0.2, 0.25) is 5.91 Å². The molecular formula is C26H33FN6O2. The van der Waals surface area contributed by atoms with Crippen molar-refractivity contribution in [3.63, 3.8) is 0 Å². The minimum absolute atomic E-state index is 0.0116. The minimum atomic E-state index is -0.736. The number of H-pyrrole nitrogens is 1. The number of hydrogen-bond donors (Lipinski definition) is 3. The number of amides is 2. The monoisotopic (exact) mass is 480 g/mol. The fraction of sp³-hybridized carbons (Fsp3) is 0.462. The molecule has 2 aliphatic rings. The lowest BCUT2D eigenvalue weighted by molar-refractivity contribution is -0.144. The van der Waals surface area contributed by atoms with Gasteiger partial charge in [0.25, 0.3) is 5.91 Å². The van der Waals surface area contributed by atoms with Crippen molar-refractivity contribution in [1.29, 1.82) is 5.41 Å². The van der Waals surface area contributed by atoms with E-state index in [9.17, 15) is 14.0 Å². The number of benzene rings is 1. The van der Waals surface area contributed by atoms with E-state index in [0.717, 1.165) is 24.8 Å². The highest BCUT2D eigenvalue weighted by atomic mass is 19.1. The van der Waals surface area contributed by atoms with Gasteiger partial charge in [-0.1, -0.05) is 13.8 Å². The minimum Gasteiger partial charge on any atom is -0.335 e. The Morgan fingerprint density at radius 3 is 2.51 bits per heavy atom. The summed E-state index contributed by atoms with van der Waals surface area (Å²) in [7, 11) is 0. The number of carbonyl (C=O) groups is 2. The van der Waals surface area contributed by atoms with Crippen molar-refractivity contribution in [3.8, 4) is 0 Å². The van der Waals surface area contributed by atoms with Crippen LogP contribution in [0, 0.1) is 17.1 Å². The molecule has 2 heterocycles. The highest BCUT2D eigenvalue weighted by Gasteiger charge is 2.45. The van der Waals surface area contributed by atoms with Crippen molar-refractivity contribution in [2.45, 2.75) is 51.6 Å². The Kier molecular flexibility index (Phi) is 6.89. The molecule has 8 nitrogen and oxygen atoms in total. The zero-order valence-electron chi connectivity index (χ0n) is 20.5. The predicted molar refractivity (Wildman–Crippen MR) is 132 cm³/mol. The van der Waals surface area contributed by atoms with Gasteiger partial charge in [-0.05, 0) is 73.6 Å². The number of imidazole rings is 1. The lowest BCUT2D eigenvalue weighted by Crippen LogP contribution is -2.65. The number of nitrogens with two attached hydrogens (primary N) is 1. The maximum Gasteiger partial charge on any atom is 0.272 e. The zero-order valence-corrected chi connectivity index (χ0v) is 20.5. The third kappa shape index (κ3) is 5.05. The van der Waals surface area contributed by atoms with Gasteiger partial charge in [0.15, 0.2) is 0 Å². The van der Waals surface area contributed by atoms with Gasteiger partial charge >= 0.3 is 0 Å². The second-order valence-corrected chi connectivity index (χ2v) is 9.93. The van der Waals surface area contributed by atoms with Crippen molar-refractivity contribution >= 4 is 23.1 Å². The van der Waals surface area contributed by atoms with Gasteiger partial charge in [0, 0.05) is 25.7 Å². The molecular weight excluding hydrogens is 447 g/mol. The van der Waals surface area contributed by atoms with E-state index in [1.807, 2.05) is 25.7 Å². The Bertz CT molecular complexity index is 1150.